The summed E-state index contributed by atoms with van der Waals surface area (Å²) in [5.74, 6) is 1.59. The number of nitrogen functional groups attached to an aromatic ring is 1. The molecule has 0 atom stereocenters. The summed E-state index contributed by atoms with van der Waals surface area (Å²) in [6.07, 6.45) is 2.38. The standard InChI is InChI=1S/C14H24N6/c1-13(2)9(14(13,3)4)16-11-17-10(15)18-12(19-11)20-7-5-6-8-20/h9H,5-8H2,1-4H3,(H3,15,16,17,18,19). The molecule has 1 aromatic rings. The Morgan fingerprint density at radius 1 is 1.05 bits per heavy atom. The van der Waals surface area contributed by atoms with Gasteiger partial charge in [0.15, 0.2) is 0 Å². The second-order valence-corrected chi connectivity index (χ2v) is 7.03. The van der Waals surface area contributed by atoms with Crippen LogP contribution in [0, 0.1) is 10.8 Å². The van der Waals surface area contributed by atoms with Crippen molar-refractivity contribution in [2.45, 2.75) is 46.6 Å². The van der Waals surface area contributed by atoms with Crippen molar-refractivity contribution < 1.29 is 0 Å². The van der Waals surface area contributed by atoms with E-state index >= 15 is 0 Å². The first-order valence-electron chi connectivity index (χ1n) is 7.35. The van der Waals surface area contributed by atoms with Crippen LogP contribution in [0.5, 0.6) is 0 Å². The van der Waals surface area contributed by atoms with E-state index in [1.807, 2.05) is 0 Å². The largest absolute Gasteiger partial charge is 0.368 e. The number of aromatic nitrogens is 3. The highest BCUT2D eigenvalue weighted by atomic mass is 15.3. The van der Waals surface area contributed by atoms with Crippen LogP contribution in [0.3, 0.4) is 0 Å². The van der Waals surface area contributed by atoms with Gasteiger partial charge in [0.2, 0.25) is 17.8 Å². The van der Waals surface area contributed by atoms with Crippen molar-refractivity contribution in [3.63, 3.8) is 0 Å². The summed E-state index contributed by atoms with van der Waals surface area (Å²) in [6.45, 7) is 11.0. The van der Waals surface area contributed by atoms with E-state index in [2.05, 4.69) is 52.9 Å². The Morgan fingerprint density at radius 2 is 1.65 bits per heavy atom. The van der Waals surface area contributed by atoms with Crippen molar-refractivity contribution in [2.24, 2.45) is 10.8 Å². The lowest BCUT2D eigenvalue weighted by molar-refractivity contribution is 0.457. The third kappa shape index (κ3) is 1.98. The smallest absolute Gasteiger partial charge is 0.231 e. The Labute approximate surface area is 120 Å². The minimum absolute atomic E-state index is 0.238. The monoisotopic (exact) mass is 276 g/mol. The lowest BCUT2D eigenvalue weighted by atomic mass is 10.0. The molecule has 20 heavy (non-hydrogen) atoms. The van der Waals surface area contributed by atoms with Gasteiger partial charge in [-0.15, -0.1) is 0 Å². The average molecular weight is 276 g/mol. The molecule has 2 heterocycles. The van der Waals surface area contributed by atoms with E-state index in [4.69, 9.17) is 5.73 Å². The van der Waals surface area contributed by atoms with Crippen molar-refractivity contribution in [3.8, 4) is 0 Å². The molecule has 1 aliphatic carbocycles. The molecule has 1 saturated heterocycles. The Morgan fingerprint density at radius 3 is 2.20 bits per heavy atom. The number of hydrogen-bond acceptors (Lipinski definition) is 6. The zero-order chi connectivity index (χ0) is 14.5. The van der Waals surface area contributed by atoms with Gasteiger partial charge in [-0.2, -0.15) is 15.0 Å². The fourth-order valence-corrected chi connectivity index (χ4v) is 3.19. The molecule has 0 aromatic carbocycles. The molecule has 0 unspecified atom stereocenters. The molecule has 0 radical (unpaired) electrons. The van der Waals surface area contributed by atoms with Crippen LogP contribution in [-0.2, 0) is 0 Å². The van der Waals surface area contributed by atoms with Gasteiger partial charge < -0.3 is 16.0 Å². The molecule has 1 aliphatic heterocycles. The highest BCUT2D eigenvalue weighted by molar-refractivity contribution is 5.45. The van der Waals surface area contributed by atoms with Crippen molar-refractivity contribution in [3.05, 3.63) is 0 Å². The summed E-state index contributed by atoms with van der Waals surface area (Å²) in [4.78, 5) is 15.2. The molecule has 0 amide bonds. The fraction of sp³-hybridized carbons (Fsp3) is 0.786. The molecule has 2 aliphatic rings. The van der Waals surface area contributed by atoms with Crippen LogP contribution < -0.4 is 16.0 Å². The second kappa shape index (κ2) is 4.20. The maximum absolute atomic E-state index is 5.83. The average Bonchev–Trinajstić information content (AvgIpc) is 2.81. The number of nitrogens with two attached hydrogens (primary N) is 1. The van der Waals surface area contributed by atoms with Gasteiger partial charge in [-0.1, -0.05) is 27.7 Å². The molecular weight excluding hydrogens is 252 g/mol. The molecular formula is C14H24N6. The first-order chi connectivity index (χ1) is 9.32. The fourth-order valence-electron chi connectivity index (χ4n) is 3.19. The normalized spacial score (nSPS) is 23.9. The zero-order valence-corrected chi connectivity index (χ0v) is 12.8. The van der Waals surface area contributed by atoms with E-state index in [0.29, 0.717) is 23.9 Å². The summed E-state index contributed by atoms with van der Waals surface area (Å²) >= 11 is 0. The summed E-state index contributed by atoms with van der Waals surface area (Å²) < 4.78 is 0. The molecule has 6 heteroatoms. The molecule has 6 nitrogen and oxygen atoms in total. The minimum atomic E-state index is 0.238. The van der Waals surface area contributed by atoms with Gasteiger partial charge in [0.25, 0.3) is 0 Å². The Hall–Kier alpha value is -1.59. The van der Waals surface area contributed by atoms with Gasteiger partial charge in [-0.05, 0) is 23.7 Å². The third-order valence-electron chi connectivity index (χ3n) is 5.32. The molecule has 1 aromatic heterocycles. The third-order valence-corrected chi connectivity index (χ3v) is 5.32. The maximum Gasteiger partial charge on any atom is 0.231 e. The van der Waals surface area contributed by atoms with Crippen molar-refractivity contribution in [1.82, 2.24) is 15.0 Å². The second-order valence-electron chi connectivity index (χ2n) is 7.03. The minimum Gasteiger partial charge on any atom is -0.368 e. The van der Waals surface area contributed by atoms with Gasteiger partial charge in [-0.3, -0.25) is 0 Å². The quantitative estimate of drug-likeness (QED) is 0.877. The summed E-state index contributed by atoms with van der Waals surface area (Å²) in [5.41, 5.74) is 6.31. The molecule has 2 fully saturated rings. The van der Waals surface area contributed by atoms with Crippen LogP contribution in [0.25, 0.3) is 0 Å². The van der Waals surface area contributed by atoms with E-state index in [1.165, 1.54) is 12.8 Å². The first kappa shape index (κ1) is 13.4. The van der Waals surface area contributed by atoms with Gasteiger partial charge in [0.05, 0.1) is 0 Å². The van der Waals surface area contributed by atoms with Crippen LogP contribution >= 0.6 is 0 Å². The van der Waals surface area contributed by atoms with E-state index in [0.717, 1.165) is 13.1 Å². The number of nitrogens with one attached hydrogen (secondary N) is 1. The van der Waals surface area contributed by atoms with Crippen molar-refractivity contribution in [1.29, 1.82) is 0 Å². The van der Waals surface area contributed by atoms with Crippen molar-refractivity contribution in [2.75, 3.05) is 29.0 Å². The van der Waals surface area contributed by atoms with Crippen LogP contribution in [0.2, 0.25) is 0 Å². The molecule has 110 valence electrons. The van der Waals surface area contributed by atoms with Gasteiger partial charge >= 0.3 is 0 Å². The van der Waals surface area contributed by atoms with Gasteiger partial charge in [0.1, 0.15) is 0 Å². The number of rotatable bonds is 3. The Bertz CT molecular complexity index is 504. The summed E-state index contributed by atoms with van der Waals surface area (Å²) in [6, 6.07) is 0.364. The highest BCUT2D eigenvalue weighted by Crippen LogP contribution is 2.63. The lowest BCUT2D eigenvalue weighted by Gasteiger charge is -2.16. The van der Waals surface area contributed by atoms with Crippen LogP contribution in [-0.4, -0.2) is 34.1 Å². The number of hydrogen-bond donors (Lipinski definition) is 2. The molecule has 1 saturated carbocycles. The predicted molar refractivity (Wildman–Crippen MR) is 80.7 cm³/mol. The Balaban J connectivity index is 1.80. The van der Waals surface area contributed by atoms with E-state index < -0.39 is 0 Å². The topological polar surface area (TPSA) is 80.0 Å². The highest BCUT2D eigenvalue weighted by Gasteiger charge is 2.65. The molecule has 0 spiro atoms. The lowest BCUT2D eigenvalue weighted by Crippen LogP contribution is -2.23. The first-order valence-corrected chi connectivity index (χ1v) is 7.35. The summed E-state index contributed by atoms with van der Waals surface area (Å²) in [5, 5.41) is 3.43. The molecule has 0 bridgehead atoms. The SMILES string of the molecule is CC1(C)C(Nc2nc(N)nc(N3CCCC3)n2)C1(C)C. The van der Waals surface area contributed by atoms with Gasteiger partial charge in [-0.25, -0.2) is 0 Å². The number of anilines is 3. The van der Waals surface area contributed by atoms with Crippen LogP contribution in [0.1, 0.15) is 40.5 Å². The van der Waals surface area contributed by atoms with Crippen molar-refractivity contribution >= 4 is 17.8 Å². The molecule has 3 rings (SSSR count). The van der Waals surface area contributed by atoms with E-state index in [9.17, 15) is 0 Å². The molecule has 3 N–H and O–H groups in total. The van der Waals surface area contributed by atoms with Gasteiger partial charge in [0, 0.05) is 19.1 Å². The van der Waals surface area contributed by atoms with Crippen LogP contribution in [0.15, 0.2) is 0 Å². The van der Waals surface area contributed by atoms with Crippen LogP contribution in [0.4, 0.5) is 17.8 Å². The summed E-state index contributed by atoms with van der Waals surface area (Å²) in [7, 11) is 0. The Kier molecular flexibility index (Phi) is 2.81. The zero-order valence-electron chi connectivity index (χ0n) is 12.8. The number of nitrogens with zero attached hydrogens (tertiary/aromatic N) is 4. The van der Waals surface area contributed by atoms with E-state index in [-0.39, 0.29) is 10.8 Å². The predicted octanol–water partition coefficient (Wildman–Crippen LogP) is 1.90. The maximum atomic E-state index is 5.83. The van der Waals surface area contributed by atoms with E-state index in [1.54, 1.807) is 0 Å².